The van der Waals surface area contributed by atoms with Crippen LogP contribution in [-0.4, -0.2) is 93.5 Å². The molecular weight excluding hydrogens is 518 g/mol. The van der Waals surface area contributed by atoms with Gasteiger partial charge in [-0.1, -0.05) is 12.1 Å². The fourth-order valence-electron chi connectivity index (χ4n) is 3.48. The van der Waals surface area contributed by atoms with Gasteiger partial charge in [0.1, 0.15) is 17.1 Å². The molecule has 18 heteroatoms. The SMILES string of the molecule is CCC1=C(c2nn[nH]n2)N2C(=O)[C@H](NC(=O)/C(=N\O[C@@H](CC(=O)O)C(=O)O)c3csc(N)n3)[C@H]2SC1. The Kier molecular flexibility index (Phi) is 7.15. The number of aliphatic carboxylic acids is 2. The van der Waals surface area contributed by atoms with Crippen LogP contribution >= 0.6 is 23.1 Å². The van der Waals surface area contributed by atoms with Crippen LogP contribution in [-0.2, 0) is 24.0 Å². The van der Waals surface area contributed by atoms with Crippen molar-refractivity contribution in [2.24, 2.45) is 5.16 Å². The van der Waals surface area contributed by atoms with Crippen molar-refractivity contribution < 1.29 is 34.2 Å². The summed E-state index contributed by atoms with van der Waals surface area (Å²) < 4.78 is 0. The van der Waals surface area contributed by atoms with Crippen LogP contribution < -0.4 is 11.1 Å². The van der Waals surface area contributed by atoms with Gasteiger partial charge in [0, 0.05) is 11.1 Å². The van der Waals surface area contributed by atoms with Gasteiger partial charge in [-0.2, -0.15) is 5.21 Å². The Morgan fingerprint density at radius 2 is 2.19 bits per heavy atom. The minimum absolute atomic E-state index is 0.0324. The molecule has 2 amide bonds. The number of β-lactam (4-membered cyclic amide) rings is 1. The van der Waals surface area contributed by atoms with E-state index in [-0.39, 0.29) is 16.6 Å². The van der Waals surface area contributed by atoms with Gasteiger partial charge in [0.25, 0.3) is 11.8 Å². The second-order valence-electron chi connectivity index (χ2n) is 7.44. The molecule has 0 aromatic carbocycles. The summed E-state index contributed by atoms with van der Waals surface area (Å²) in [4.78, 5) is 58.7. The number of aromatic amines is 1. The van der Waals surface area contributed by atoms with Crippen LogP contribution in [0.2, 0.25) is 0 Å². The molecule has 16 nitrogen and oxygen atoms in total. The van der Waals surface area contributed by atoms with E-state index < -0.39 is 53.4 Å². The Morgan fingerprint density at radius 1 is 1.42 bits per heavy atom. The number of rotatable bonds is 10. The number of fused-ring (bicyclic) bond motifs is 1. The van der Waals surface area contributed by atoms with E-state index in [2.05, 4.69) is 36.1 Å². The van der Waals surface area contributed by atoms with Gasteiger partial charge in [0.15, 0.2) is 10.8 Å². The van der Waals surface area contributed by atoms with E-state index in [1.54, 1.807) is 0 Å². The van der Waals surface area contributed by atoms with Crippen LogP contribution in [0.4, 0.5) is 5.13 Å². The lowest BCUT2D eigenvalue weighted by Gasteiger charge is -2.49. The van der Waals surface area contributed by atoms with Crippen LogP contribution in [0.3, 0.4) is 0 Å². The molecule has 0 radical (unpaired) electrons. The zero-order chi connectivity index (χ0) is 26.0. The van der Waals surface area contributed by atoms with E-state index >= 15 is 0 Å². The summed E-state index contributed by atoms with van der Waals surface area (Å²) in [5.41, 5.74) is 6.63. The summed E-state index contributed by atoms with van der Waals surface area (Å²) >= 11 is 2.43. The van der Waals surface area contributed by atoms with Crippen molar-refractivity contribution >= 4 is 63.4 Å². The number of carboxylic acids is 2. The van der Waals surface area contributed by atoms with Crippen LogP contribution in [0.1, 0.15) is 31.3 Å². The molecule has 36 heavy (non-hydrogen) atoms. The van der Waals surface area contributed by atoms with Gasteiger partial charge in [-0.3, -0.25) is 19.3 Å². The van der Waals surface area contributed by atoms with Gasteiger partial charge < -0.3 is 26.1 Å². The zero-order valence-electron chi connectivity index (χ0n) is 18.4. The average molecular weight is 538 g/mol. The number of thioether (sulfide) groups is 1. The van der Waals surface area contributed by atoms with Crippen molar-refractivity contribution in [3.05, 3.63) is 22.5 Å². The van der Waals surface area contributed by atoms with Crippen LogP contribution in [0, 0.1) is 0 Å². The lowest BCUT2D eigenvalue weighted by molar-refractivity contribution is -0.156. The molecule has 1 saturated heterocycles. The molecule has 190 valence electrons. The van der Waals surface area contributed by atoms with E-state index in [9.17, 15) is 24.3 Å². The normalized spacial score (nSPS) is 20.4. The summed E-state index contributed by atoms with van der Waals surface area (Å²) in [6, 6.07) is -0.946. The van der Waals surface area contributed by atoms with E-state index in [4.69, 9.17) is 15.7 Å². The Hall–Kier alpha value is -4.06. The van der Waals surface area contributed by atoms with E-state index in [1.165, 1.54) is 22.0 Å². The summed E-state index contributed by atoms with van der Waals surface area (Å²) in [6.45, 7) is 1.94. The summed E-state index contributed by atoms with van der Waals surface area (Å²) in [7, 11) is 0. The number of oxime groups is 1. The van der Waals surface area contributed by atoms with Crippen molar-refractivity contribution in [3.63, 3.8) is 0 Å². The molecule has 4 heterocycles. The third kappa shape index (κ3) is 4.85. The number of nitrogens with two attached hydrogens (primary N) is 1. The number of carboxylic acid groups (broad SMARTS) is 2. The first-order chi connectivity index (χ1) is 17.2. The molecule has 0 aliphatic carbocycles. The van der Waals surface area contributed by atoms with Crippen LogP contribution in [0.5, 0.6) is 0 Å². The molecule has 2 aliphatic heterocycles. The van der Waals surface area contributed by atoms with Crippen molar-refractivity contribution in [2.45, 2.75) is 37.3 Å². The molecule has 0 unspecified atom stereocenters. The van der Waals surface area contributed by atoms with Gasteiger partial charge in [-0.05, 0) is 17.2 Å². The quantitative estimate of drug-likeness (QED) is 0.140. The highest BCUT2D eigenvalue weighted by Gasteiger charge is 2.53. The van der Waals surface area contributed by atoms with Gasteiger partial charge in [-0.15, -0.1) is 33.3 Å². The largest absolute Gasteiger partial charge is 0.481 e. The number of tetrazole rings is 1. The summed E-state index contributed by atoms with van der Waals surface area (Å²) in [6.07, 6.45) is -2.09. The fraction of sp³-hybridized carbons (Fsp3) is 0.389. The van der Waals surface area contributed by atoms with Crippen molar-refractivity contribution in [2.75, 3.05) is 11.5 Å². The number of hydrogen-bond donors (Lipinski definition) is 5. The number of anilines is 1. The maximum absolute atomic E-state index is 13.1. The van der Waals surface area contributed by atoms with Gasteiger partial charge in [0.2, 0.25) is 11.9 Å². The molecule has 0 saturated carbocycles. The number of thiazole rings is 1. The summed E-state index contributed by atoms with van der Waals surface area (Å²) in [5, 5.41) is 39.1. The van der Waals surface area contributed by atoms with E-state index in [0.29, 0.717) is 17.9 Å². The molecule has 3 atom stereocenters. The monoisotopic (exact) mass is 537 g/mol. The number of nitrogens with zero attached hydrogens (tertiary/aromatic N) is 6. The third-order valence-electron chi connectivity index (χ3n) is 5.20. The number of aromatic nitrogens is 5. The van der Waals surface area contributed by atoms with Crippen LogP contribution in [0.15, 0.2) is 16.1 Å². The third-order valence-corrected chi connectivity index (χ3v) is 7.22. The lowest BCUT2D eigenvalue weighted by atomic mass is 10.0. The number of carbonyl (C=O) groups is 4. The summed E-state index contributed by atoms with van der Waals surface area (Å²) in [5.74, 6) is -3.49. The lowest BCUT2D eigenvalue weighted by Crippen LogP contribution is -2.70. The van der Waals surface area contributed by atoms with E-state index in [0.717, 1.165) is 16.9 Å². The number of hydrogen-bond acceptors (Lipinski definition) is 13. The Labute approximate surface area is 210 Å². The number of nitrogens with one attached hydrogen (secondary N) is 2. The predicted octanol–water partition coefficient (Wildman–Crippen LogP) is -0.892. The first kappa shape index (κ1) is 25.0. The average Bonchev–Trinajstić information content (AvgIpc) is 3.52. The molecule has 0 spiro atoms. The topological polar surface area (TPSA) is 239 Å². The second-order valence-corrected chi connectivity index (χ2v) is 9.44. The smallest absolute Gasteiger partial charge is 0.348 e. The standard InChI is InChI=1S/C18H19N9O7S2/c1-2-6-4-35-16-11(15(31)27(16)12(6)13-22-25-26-23-13)21-14(30)10(7-5-36-18(19)20-7)24-34-8(17(32)33)3-9(28)29/h5,8,11,16H,2-4H2,1H3,(H2,19,20)(H,21,30)(H,28,29)(H,32,33)(H,22,23,25,26)/b24-10-/t8-,11-,16+/m0/s1. The molecule has 6 N–H and O–H groups in total. The maximum Gasteiger partial charge on any atom is 0.348 e. The number of amides is 2. The van der Waals surface area contributed by atoms with Gasteiger partial charge in [0.05, 0.1) is 12.1 Å². The molecule has 1 fully saturated rings. The van der Waals surface area contributed by atoms with Crippen molar-refractivity contribution in [3.8, 4) is 0 Å². The minimum Gasteiger partial charge on any atom is -0.481 e. The molecule has 4 rings (SSSR count). The predicted molar refractivity (Wildman–Crippen MR) is 124 cm³/mol. The van der Waals surface area contributed by atoms with Crippen molar-refractivity contribution in [1.82, 2.24) is 35.8 Å². The number of H-pyrrole nitrogens is 1. The van der Waals surface area contributed by atoms with Gasteiger partial charge >= 0.3 is 11.9 Å². The highest BCUT2D eigenvalue weighted by atomic mass is 32.2. The van der Waals surface area contributed by atoms with Crippen molar-refractivity contribution in [1.29, 1.82) is 0 Å². The number of nitrogen functional groups attached to an aromatic ring is 1. The highest BCUT2D eigenvalue weighted by Crippen LogP contribution is 2.43. The molecule has 2 aromatic heterocycles. The molecule has 2 aromatic rings. The second kappa shape index (κ2) is 10.3. The first-order valence-electron chi connectivity index (χ1n) is 10.3. The number of carbonyl (C=O) groups excluding carboxylic acids is 2. The highest BCUT2D eigenvalue weighted by molar-refractivity contribution is 8.00. The molecule has 2 aliphatic rings. The fourth-order valence-corrected chi connectivity index (χ4v) is 5.48. The molecular formula is C18H19N9O7S2. The van der Waals surface area contributed by atoms with Gasteiger partial charge in [-0.25, -0.2) is 9.78 Å². The van der Waals surface area contributed by atoms with E-state index in [1.807, 2.05) is 6.92 Å². The maximum atomic E-state index is 13.1. The zero-order valence-corrected chi connectivity index (χ0v) is 20.1. The molecule has 0 bridgehead atoms. The Morgan fingerprint density at radius 3 is 2.78 bits per heavy atom. The van der Waals surface area contributed by atoms with Crippen LogP contribution in [0.25, 0.3) is 5.70 Å². The Balaban J connectivity index is 1.56. The first-order valence-corrected chi connectivity index (χ1v) is 12.2. The minimum atomic E-state index is -1.86. The Bertz CT molecular complexity index is 1260.